The Morgan fingerprint density at radius 3 is 2.68 bits per heavy atom. The van der Waals surface area contributed by atoms with Gasteiger partial charge in [0.15, 0.2) is 12.2 Å². The van der Waals surface area contributed by atoms with E-state index < -0.39 is 0 Å². The van der Waals surface area contributed by atoms with Gasteiger partial charge >= 0.3 is 0 Å². The van der Waals surface area contributed by atoms with Crippen molar-refractivity contribution in [3.63, 3.8) is 0 Å². The second-order valence-electron chi connectivity index (χ2n) is 8.31. The van der Waals surface area contributed by atoms with Crippen LogP contribution in [0.3, 0.4) is 0 Å². The van der Waals surface area contributed by atoms with Crippen LogP contribution in [0.25, 0.3) is 22.6 Å². The highest BCUT2D eigenvalue weighted by Crippen LogP contribution is 2.27. The predicted molar refractivity (Wildman–Crippen MR) is 131 cm³/mol. The van der Waals surface area contributed by atoms with Crippen LogP contribution in [0, 0.1) is 6.92 Å². The number of morpholine rings is 1. The van der Waals surface area contributed by atoms with Crippen molar-refractivity contribution >= 4 is 22.7 Å². The Hall–Kier alpha value is -3.84. The van der Waals surface area contributed by atoms with Crippen LogP contribution in [0.2, 0.25) is 0 Å². The van der Waals surface area contributed by atoms with Gasteiger partial charge in [0.1, 0.15) is 11.3 Å². The normalized spacial score (nSPS) is 13.7. The number of amides is 1. The van der Waals surface area contributed by atoms with Crippen LogP contribution in [-0.4, -0.2) is 48.7 Å². The fraction of sp³-hybridized carbons (Fsp3) is 0.259. The molecule has 0 radical (unpaired) electrons. The van der Waals surface area contributed by atoms with Crippen LogP contribution in [0.15, 0.2) is 71.1 Å². The minimum atomic E-state index is -0.0214. The van der Waals surface area contributed by atoms with Gasteiger partial charge in [0.05, 0.1) is 13.2 Å². The highest BCUT2D eigenvalue weighted by molar-refractivity contribution is 5.80. The number of oxazole rings is 1. The van der Waals surface area contributed by atoms with Gasteiger partial charge in [-0.3, -0.25) is 4.79 Å². The molecular formula is C27H27N3O4. The number of nitrogens with one attached hydrogen (secondary N) is 1. The lowest BCUT2D eigenvalue weighted by Gasteiger charge is -2.26. The molecule has 1 fully saturated rings. The number of benzene rings is 3. The van der Waals surface area contributed by atoms with Crippen molar-refractivity contribution < 1.29 is 18.7 Å². The Bertz CT molecular complexity index is 1280. The van der Waals surface area contributed by atoms with Crippen LogP contribution in [0.1, 0.15) is 11.1 Å². The molecule has 0 atom stereocenters. The van der Waals surface area contributed by atoms with Gasteiger partial charge in [-0.1, -0.05) is 35.9 Å². The summed E-state index contributed by atoms with van der Waals surface area (Å²) in [6.45, 7) is 5.01. The molecule has 0 aliphatic carbocycles. The summed E-state index contributed by atoms with van der Waals surface area (Å²) in [6, 6.07) is 21.7. The number of hydrogen-bond acceptors (Lipinski definition) is 6. The third kappa shape index (κ3) is 5.05. The molecule has 1 aliphatic heterocycles. The third-order valence-corrected chi connectivity index (χ3v) is 5.86. The van der Waals surface area contributed by atoms with Gasteiger partial charge in [0.25, 0.3) is 5.91 Å². The molecule has 0 unspecified atom stereocenters. The van der Waals surface area contributed by atoms with E-state index in [9.17, 15) is 4.79 Å². The van der Waals surface area contributed by atoms with Gasteiger partial charge in [-0.2, -0.15) is 0 Å². The van der Waals surface area contributed by atoms with E-state index in [-0.39, 0.29) is 12.5 Å². The van der Waals surface area contributed by atoms with Gasteiger partial charge < -0.3 is 24.1 Å². The van der Waals surface area contributed by atoms with Gasteiger partial charge in [-0.25, -0.2) is 4.98 Å². The molecule has 174 valence electrons. The van der Waals surface area contributed by atoms with Crippen LogP contribution < -0.4 is 10.1 Å². The van der Waals surface area contributed by atoms with E-state index in [0.29, 0.717) is 44.5 Å². The first kappa shape index (κ1) is 22.0. The maximum Gasteiger partial charge on any atom is 0.260 e. The number of carbonyl (C=O) groups excluding carboxylic acids is 1. The summed E-state index contributed by atoms with van der Waals surface area (Å²) in [4.78, 5) is 18.9. The van der Waals surface area contributed by atoms with Crippen LogP contribution in [0.5, 0.6) is 5.75 Å². The van der Waals surface area contributed by atoms with Gasteiger partial charge in [0.2, 0.25) is 5.89 Å². The molecule has 7 heteroatoms. The van der Waals surface area contributed by atoms with Gasteiger partial charge in [-0.05, 0) is 43.3 Å². The smallest absolute Gasteiger partial charge is 0.260 e. The molecule has 0 saturated carbocycles. The molecular weight excluding hydrogens is 430 g/mol. The first-order valence-corrected chi connectivity index (χ1v) is 11.4. The lowest BCUT2D eigenvalue weighted by Crippen LogP contribution is -2.43. The number of anilines is 1. The number of ether oxygens (including phenoxy) is 2. The van der Waals surface area contributed by atoms with Crippen molar-refractivity contribution in [3.8, 4) is 17.2 Å². The minimum Gasteiger partial charge on any atom is -0.483 e. The van der Waals surface area contributed by atoms with Crippen molar-refractivity contribution in [3.05, 3.63) is 77.9 Å². The second-order valence-corrected chi connectivity index (χ2v) is 8.31. The summed E-state index contributed by atoms with van der Waals surface area (Å²) in [7, 11) is 0. The number of para-hydroxylation sites is 1. The predicted octanol–water partition coefficient (Wildman–Crippen LogP) is 4.65. The van der Waals surface area contributed by atoms with Crippen molar-refractivity contribution in [2.45, 2.75) is 13.5 Å². The van der Waals surface area contributed by atoms with Crippen molar-refractivity contribution in [1.82, 2.24) is 9.88 Å². The topological polar surface area (TPSA) is 76.8 Å². The molecule has 0 spiro atoms. The number of fused-ring (bicyclic) bond motifs is 1. The average molecular weight is 458 g/mol. The summed E-state index contributed by atoms with van der Waals surface area (Å²) < 4.78 is 17.1. The molecule has 34 heavy (non-hydrogen) atoms. The molecule has 3 aromatic carbocycles. The van der Waals surface area contributed by atoms with Crippen molar-refractivity contribution in [1.29, 1.82) is 0 Å². The number of hydrogen-bond donors (Lipinski definition) is 1. The zero-order valence-corrected chi connectivity index (χ0v) is 19.1. The lowest BCUT2D eigenvalue weighted by molar-refractivity contribution is -0.137. The first-order chi connectivity index (χ1) is 16.7. The summed E-state index contributed by atoms with van der Waals surface area (Å²) in [5.74, 6) is 1.28. The molecule has 0 bridgehead atoms. The number of aryl methyl sites for hydroxylation is 1. The maximum absolute atomic E-state index is 12.4. The lowest BCUT2D eigenvalue weighted by atomic mass is 10.1. The fourth-order valence-corrected chi connectivity index (χ4v) is 3.89. The Morgan fingerprint density at radius 1 is 1.06 bits per heavy atom. The largest absolute Gasteiger partial charge is 0.483 e. The van der Waals surface area contributed by atoms with E-state index in [1.165, 1.54) is 5.56 Å². The molecule has 1 aromatic heterocycles. The van der Waals surface area contributed by atoms with Crippen molar-refractivity contribution in [2.75, 3.05) is 38.2 Å². The summed E-state index contributed by atoms with van der Waals surface area (Å²) >= 11 is 0. The zero-order chi connectivity index (χ0) is 23.3. The first-order valence-electron chi connectivity index (χ1n) is 11.4. The Morgan fingerprint density at radius 2 is 1.85 bits per heavy atom. The van der Waals surface area contributed by atoms with Crippen LogP contribution in [-0.2, 0) is 16.1 Å². The Kier molecular flexibility index (Phi) is 6.44. The molecule has 1 aliphatic rings. The molecule has 4 aromatic rings. The van der Waals surface area contributed by atoms with E-state index in [0.717, 1.165) is 27.9 Å². The van der Waals surface area contributed by atoms with Gasteiger partial charge in [0, 0.05) is 36.4 Å². The van der Waals surface area contributed by atoms with E-state index in [1.807, 2.05) is 66.7 Å². The summed E-state index contributed by atoms with van der Waals surface area (Å²) in [6.07, 6.45) is 0. The Labute approximate surface area is 198 Å². The third-order valence-electron chi connectivity index (χ3n) is 5.86. The van der Waals surface area contributed by atoms with E-state index in [2.05, 4.69) is 17.2 Å². The number of aromatic nitrogens is 1. The van der Waals surface area contributed by atoms with Crippen LogP contribution in [0.4, 0.5) is 5.69 Å². The molecule has 7 nitrogen and oxygen atoms in total. The molecule has 1 N–H and O–H groups in total. The van der Waals surface area contributed by atoms with E-state index >= 15 is 0 Å². The quantitative estimate of drug-likeness (QED) is 0.435. The fourth-order valence-electron chi connectivity index (χ4n) is 3.89. The summed E-state index contributed by atoms with van der Waals surface area (Å²) in [5.41, 5.74) is 5.58. The van der Waals surface area contributed by atoms with Gasteiger partial charge in [-0.15, -0.1) is 0 Å². The highest BCUT2D eigenvalue weighted by Gasteiger charge is 2.17. The monoisotopic (exact) mass is 457 g/mol. The molecule has 1 saturated heterocycles. The SMILES string of the molecule is Cc1ccc(-c2nc3cc(NCc4ccccc4OCC(=O)N4CCOCC4)ccc3o2)cc1. The second kappa shape index (κ2) is 9.97. The molecule has 1 amide bonds. The zero-order valence-electron chi connectivity index (χ0n) is 19.1. The van der Waals surface area contributed by atoms with E-state index in [1.54, 1.807) is 4.90 Å². The number of nitrogens with zero attached hydrogens (tertiary/aromatic N) is 2. The minimum absolute atomic E-state index is 0.0176. The maximum atomic E-state index is 12.4. The Balaban J connectivity index is 1.24. The number of carbonyl (C=O) groups is 1. The number of rotatable bonds is 7. The van der Waals surface area contributed by atoms with E-state index in [4.69, 9.17) is 13.9 Å². The molecule has 2 heterocycles. The standard InChI is InChI=1S/C27H27N3O4/c1-19-6-8-20(9-7-19)27-29-23-16-22(10-11-25(23)34-27)28-17-21-4-2-3-5-24(21)33-18-26(31)30-12-14-32-15-13-30/h2-11,16,28H,12-15,17-18H2,1H3. The highest BCUT2D eigenvalue weighted by atomic mass is 16.5. The molecule has 5 rings (SSSR count). The van der Waals surface area contributed by atoms with Crippen LogP contribution >= 0.6 is 0 Å². The summed E-state index contributed by atoms with van der Waals surface area (Å²) in [5, 5.41) is 3.43. The average Bonchev–Trinajstić information content (AvgIpc) is 3.31. The van der Waals surface area contributed by atoms with Crippen molar-refractivity contribution in [2.24, 2.45) is 0 Å².